The summed E-state index contributed by atoms with van der Waals surface area (Å²) >= 11 is 16.2. The highest BCUT2D eigenvalue weighted by Gasteiger charge is 2.29. The molecule has 0 aliphatic heterocycles. The number of methoxy groups -OCH3 is 1. The highest BCUT2D eigenvalue weighted by molar-refractivity contribution is 6.77. The Kier molecular flexibility index (Phi) is 5.87. The van der Waals surface area contributed by atoms with Crippen molar-refractivity contribution in [1.82, 2.24) is 0 Å². The van der Waals surface area contributed by atoms with E-state index in [-0.39, 0.29) is 0 Å². The maximum Gasteiger partial charge on any atom is 0.252 e. The monoisotopic (exact) mass is 258 g/mol. The van der Waals surface area contributed by atoms with Crippen molar-refractivity contribution in [3.05, 3.63) is 11.8 Å². The SMILES string of the molecule is COC(=CC(=O)C(Cl)(Cl)Cl)CC(C)C. The smallest absolute Gasteiger partial charge is 0.252 e. The summed E-state index contributed by atoms with van der Waals surface area (Å²) in [5, 5.41) is 0. The Morgan fingerprint density at radius 1 is 1.43 bits per heavy atom. The molecule has 0 aromatic carbocycles. The predicted octanol–water partition coefficient (Wildman–Crippen LogP) is 3.50. The molecule has 0 amide bonds. The minimum atomic E-state index is -1.90. The summed E-state index contributed by atoms with van der Waals surface area (Å²) in [4.78, 5) is 11.3. The van der Waals surface area contributed by atoms with Gasteiger partial charge in [-0.25, -0.2) is 0 Å². The van der Waals surface area contributed by atoms with Crippen molar-refractivity contribution in [2.24, 2.45) is 5.92 Å². The Labute approximate surface area is 99.2 Å². The lowest BCUT2D eigenvalue weighted by Gasteiger charge is -2.10. The van der Waals surface area contributed by atoms with Crippen LogP contribution in [0.4, 0.5) is 0 Å². The van der Waals surface area contributed by atoms with Gasteiger partial charge in [-0.2, -0.15) is 0 Å². The molecule has 0 spiro atoms. The maximum absolute atomic E-state index is 11.3. The van der Waals surface area contributed by atoms with Crippen molar-refractivity contribution in [2.45, 2.75) is 24.1 Å². The van der Waals surface area contributed by atoms with Crippen LogP contribution in [0.5, 0.6) is 0 Å². The normalized spacial score (nSPS) is 13.2. The summed E-state index contributed by atoms with van der Waals surface area (Å²) < 4.78 is 3.09. The second kappa shape index (κ2) is 5.84. The van der Waals surface area contributed by atoms with E-state index in [4.69, 9.17) is 39.5 Å². The van der Waals surface area contributed by atoms with E-state index in [1.807, 2.05) is 13.8 Å². The number of halogens is 3. The van der Waals surface area contributed by atoms with E-state index in [9.17, 15) is 4.79 Å². The van der Waals surface area contributed by atoms with Crippen molar-refractivity contribution in [1.29, 1.82) is 0 Å². The number of alkyl halides is 3. The molecule has 82 valence electrons. The lowest BCUT2D eigenvalue weighted by atomic mass is 10.1. The van der Waals surface area contributed by atoms with E-state index < -0.39 is 9.58 Å². The molecule has 0 fully saturated rings. The van der Waals surface area contributed by atoms with Gasteiger partial charge in [0, 0.05) is 12.5 Å². The molecule has 0 rings (SSSR count). The topological polar surface area (TPSA) is 26.3 Å². The van der Waals surface area contributed by atoms with E-state index in [0.29, 0.717) is 18.1 Å². The Bertz CT molecular complexity index is 229. The van der Waals surface area contributed by atoms with Gasteiger partial charge in [-0.05, 0) is 5.92 Å². The van der Waals surface area contributed by atoms with Gasteiger partial charge in [-0.1, -0.05) is 48.7 Å². The molecule has 0 aliphatic carbocycles. The van der Waals surface area contributed by atoms with Crippen molar-refractivity contribution < 1.29 is 9.53 Å². The molecule has 0 saturated heterocycles. The lowest BCUT2D eigenvalue weighted by Crippen LogP contribution is -2.17. The zero-order valence-electron chi connectivity index (χ0n) is 8.31. The van der Waals surface area contributed by atoms with Crippen molar-refractivity contribution in [3.8, 4) is 0 Å². The molecule has 0 aromatic rings. The molecule has 5 heteroatoms. The first kappa shape index (κ1) is 14.1. The summed E-state index contributed by atoms with van der Waals surface area (Å²) in [5.41, 5.74) is 0. The molecular weight excluding hydrogens is 246 g/mol. The Hall–Kier alpha value is 0.0800. The molecule has 14 heavy (non-hydrogen) atoms. The molecular formula is C9H13Cl3O2. The molecule has 0 unspecified atom stereocenters. The van der Waals surface area contributed by atoms with Gasteiger partial charge in [0.1, 0.15) is 0 Å². The van der Waals surface area contributed by atoms with Crippen LogP contribution in [0.15, 0.2) is 11.8 Å². The second-order valence-corrected chi connectivity index (χ2v) is 5.56. The van der Waals surface area contributed by atoms with Crippen LogP contribution in [0.25, 0.3) is 0 Å². The summed E-state index contributed by atoms with van der Waals surface area (Å²) in [6.07, 6.45) is 1.87. The van der Waals surface area contributed by atoms with Gasteiger partial charge in [0.15, 0.2) is 0 Å². The zero-order valence-corrected chi connectivity index (χ0v) is 10.6. The number of carbonyl (C=O) groups is 1. The van der Waals surface area contributed by atoms with E-state index in [1.54, 1.807) is 0 Å². The van der Waals surface area contributed by atoms with Crippen LogP contribution in [0, 0.1) is 5.92 Å². The third-order valence-corrected chi connectivity index (χ3v) is 2.00. The molecule has 0 bridgehead atoms. The Morgan fingerprint density at radius 2 is 1.93 bits per heavy atom. The minimum Gasteiger partial charge on any atom is -0.501 e. The molecule has 0 atom stereocenters. The third-order valence-electron chi connectivity index (χ3n) is 1.44. The molecule has 0 aromatic heterocycles. The van der Waals surface area contributed by atoms with Crippen LogP contribution in [0.2, 0.25) is 0 Å². The average Bonchev–Trinajstić information content (AvgIpc) is 2.00. The number of hydrogen-bond donors (Lipinski definition) is 0. The number of ketones is 1. The quantitative estimate of drug-likeness (QED) is 0.439. The molecule has 2 nitrogen and oxygen atoms in total. The van der Waals surface area contributed by atoms with Crippen LogP contribution >= 0.6 is 34.8 Å². The Morgan fingerprint density at radius 3 is 2.21 bits per heavy atom. The van der Waals surface area contributed by atoms with Crippen molar-refractivity contribution in [2.75, 3.05) is 7.11 Å². The fraction of sp³-hybridized carbons (Fsp3) is 0.667. The van der Waals surface area contributed by atoms with Crippen LogP contribution in [0.3, 0.4) is 0 Å². The Balaban J connectivity index is 4.52. The van der Waals surface area contributed by atoms with Crippen LogP contribution < -0.4 is 0 Å². The summed E-state index contributed by atoms with van der Waals surface area (Å²) in [6, 6.07) is 0. The third kappa shape index (κ3) is 5.74. The van der Waals surface area contributed by atoms with Gasteiger partial charge in [0.25, 0.3) is 3.79 Å². The molecule has 0 saturated carbocycles. The number of hydrogen-bond acceptors (Lipinski definition) is 2. The second-order valence-electron chi connectivity index (χ2n) is 3.27. The van der Waals surface area contributed by atoms with Gasteiger partial charge in [0.2, 0.25) is 5.78 Å². The molecule has 0 aliphatic rings. The lowest BCUT2D eigenvalue weighted by molar-refractivity contribution is -0.114. The highest BCUT2D eigenvalue weighted by atomic mass is 35.6. The van der Waals surface area contributed by atoms with E-state index in [2.05, 4.69) is 0 Å². The van der Waals surface area contributed by atoms with Crippen LogP contribution in [0.1, 0.15) is 20.3 Å². The summed E-state index contributed by atoms with van der Waals surface area (Å²) in [5.74, 6) is 0.320. The number of allylic oxidation sites excluding steroid dienone is 2. The summed E-state index contributed by atoms with van der Waals surface area (Å²) in [7, 11) is 1.49. The first-order chi connectivity index (χ1) is 6.27. The first-order valence-electron chi connectivity index (χ1n) is 4.13. The fourth-order valence-corrected chi connectivity index (χ4v) is 0.995. The van der Waals surface area contributed by atoms with Crippen LogP contribution in [-0.4, -0.2) is 16.7 Å². The highest BCUT2D eigenvalue weighted by Crippen LogP contribution is 2.28. The van der Waals surface area contributed by atoms with Gasteiger partial charge >= 0.3 is 0 Å². The zero-order chi connectivity index (χ0) is 11.4. The van der Waals surface area contributed by atoms with Gasteiger partial charge in [-0.15, -0.1) is 0 Å². The van der Waals surface area contributed by atoms with Crippen molar-refractivity contribution >= 4 is 40.6 Å². The van der Waals surface area contributed by atoms with Gasteiger partial charge in [-0.3, -0.25) is 4.79 Å². The summed E-state index contributed by atoms with van der Waals surface area (Å²) in [6.45, 7) is 4.01. The number of rotatable bonds is 4. The predicted molar refractivity (Wildman–Crippen MR) is 59.8 cm³/mol. The molecule has 0 heterocycles. The minimum absolute atomic E-state index is 0.379. The van der Waals surface area contributed by atoms with Gasteiger partial charge in [0.05, 0.1) is 12.9 Å². The maximum atomic E-state index is 11.3. The van der Waals surface area contributed by atoms with Crippen LogP contribution in [-0.2, 0) is 9.53 Å². The number of ether oxygens (including phenoxy) is 1. The van der Waals surface area contributed by atoms with Crippen molar-refractivity contribution in [3.63, 3.8) is 0 Å². The van der Waals surface area contributed by atoms with E-state index >= 15 is 0 Å². The van der Waals surface area contributed by atoms with E-state index in [0.717, 1.165) is 0 Å². The van der Waals surface area contributed by atoms with Gasteiger partial charge < -0.3 is 4.74 Å². The number of carbonyl (C=O) groups excluding carboxylic acids is 1. The van der Waals surface area contributed by atoms with E-state index in [1.165, 1.54) is 13.2 Å². The molecule has 0 N–H and O–H groups in total. The standard InChI is InChI=1S/C9H13Cl3O2/c1-6(2)4-7(14-3)5-8(13)9(10,11)12/h5-6H,4H2,1-3H3. The first-order valence-corrected chi connectivity index (χ1v) is 5.26. The fourth-order valence-electron chi connectivity index (χ4n) is 0.832. The largest absolute Gasteiger partial charge is 0.501 e. The average molecular weight is 260 g/mol. The molecule has 0 radical (unpaired) electrons.